The third kappa shape index (κ3) is 4.77. The van der Waals surface area contributed by atoms with Crippen molar-refractivity contribution in [2.45, 2.75) is 38.5 Å². The molecule has 7 nitrogen and oxygen atoms in total. The molecule has 1 fully saturated rings. The van der Waals surface area contributed by atoms with E-state index >= 15 is 0 Å². The van der Waals surface area contributed by atoms with E-state index in [4.69, 9.17) is 9.47 Å². The highest BCUT2D eigenvalue weighted by atomic mass is 32.2. The summed E-state index contributed by atoms with van der Waals surface area (Å²) in [7, 11) is -1.56. The highest BCUT2D eigenvalue weighted by molar-refractivity contribution is 7.89. The summed E-state index contributed by atoms with van der Waals surface area (Å²) in [5.74, 6) is -0.0402. The van der Waals surface area contributed by atoms with Crippen LogP contribution >= 0.6 is 0 Å². The van der Waals surface area contributed by atoms with Gasteiger partial charge in [0.2, 0.25) is 10.0 Å². The van der Waals surface area contributed by atoms with Crippen LogP contribution in [0.3, 0.4) is 0 Å². The topological polar surface area (TPSA) is 82.5 Å². The second kappa shape index (κ2) is 6.87. The first-order chi connectivity index (χ1) is 9.87. The van der Waals surface area contributed by atoms with Crippen molar-refractivity contribution < 1.29 is 17.9 Å². The largest absolute Gasteiger partial charge is 0.378 e. The van der Waals surface area contributed by atoms with Gasteiger partial charge in [0.05, 0.1) is 30.7 Å². The molecular weight excluding hydrogens is 294 g/mol. The van der Waals surface area contributed by atoms with E-state index in [0.717, 1.165) is 5.56 Å². The normalized spacial score (nSPS) is 23.0. The Hall–Kier alpha value is -0.960. The van der Waals surface area contributed by atoms with Crippen molar-refractivity contribution in [3.63, 3.8) is 0 Å². The third-order valence-corrected chi connectivity index (χ3v) is 4.65. The summed E-state index contributed by atoms with van der Waals surface area (Å²) < 4.78 is 39.5. The monoisotopic (exact) mass is 317 g/mol. The molecule has 2 rings (SSSR count). The lowest BCUT2D eigenvalue weighted by Gasteiger charge is -2.19. The smallest absolute Gasteiger partial charge is 0.214 e. The fourth-order valence-electron chi connectivity index (χ4n) is 2.31. The molecule has 1 aromatic heterocycles. The summed E-state index contributed by atoms with van der Waals surface area (Å²) in [6.07, 6.45) is 3.96. The number of ether oxygens (including phenoxy) is 2. The van der Waals surface area contributed by atoms with Crippen LogP contribution in [0, 0.1) is 0 Å². The molecule has 0 unspecified atom stereocenters. The molecule has 0 spiro atoms. The number of sulfonamides is 1. The lowest BCUT2D eigenvalue weighted by Crippen LogP contribution is -2.39. The van der Waals surface area contributed by atoms with Crippen LogP contribution in [0.25, 0.3) is 0 Å². The molecule has 0 bridgehead atoms. The van der Waals surface area contributed by atoms with E-state index in [1.807, 2.05) is 27.1 Å². The molecule has 0 aliphatic carbocycles. The van der Waals surface area contributed by atoms with E-state index in [2.05, 4.69) is 9.82 Å². The highest BCUT2D eigenvalue weighted by Crippen LogP contribution is 2.29. The van der Waals surface area contributed by atoms with Gasteiger partial charge in [0, 0.05) is 25.4 Å². The molecule has 120 valence electrons. The minimum Gasteiger partial charge on any atom is -0.378 e. The van der Waals surface area contributed by atoms with Gasteiger partial charge in [-0.2, -0.15) is 5.10 Å². The van der Waals surface area contributed by atoms with E-state index in [9.17, 15) is 8.42 Å². The van der Waals surface area contributed by atoms with Crippen molar-refractivity contribution >= 4 is 10.0 Å². The molecule has 1 aromatic rings. The predicted octanol–water partition coefficient (Wildman–Crippen LogP) is 0.595. The van der Waals surface area contributed by atoms with Crippen LogP contribution in [-0.2, 0) is 26.5 Å². The Morgan fingerprint density at radius 3 is 2.95 bits per heavy atom. The number of aryl methyl sites for hydroxylation is 1. The maximum absolute atomic E-state index is 12.1. The van der Waals surface area contributed by atoms with Crippen molar-refractivity contribution in [3.05, 3.63) is 18.0 Å². The van der Waals surface area contributed by atoms with Crippen molar-refractivity contribution in [1.29, 1.82) is 0 Å². The van der Waals surface area contributed by atoms with E-state index < -0.39 is 10.0 Å². The van der Waals surface area contributed by atoms with Crippen LogP contribution in [0.15, 0.2) is 12.4 Å². The van der Waals surface area contributed by atoms with Gasteiger partial charge in [0.25, 0.3) is 0 Å². The summed E-state index contributed by atoms with van der Waals surface area (Å²) in [6, 6.07) is -0.252. The number of hydrogen-bond donors (Lipinski definition) is 1. The molecule has 0 amide bonds. The molecule has 2 heterocycles. The Bertz CT molecular complexity index is 556. The minimum atomic E-state index is -3.38. The summed E-state index contributed by atoms with van der Waals surface area (Å²) in [5.41, 5.74) is 0.890. The second-order valence-corrected chi connectivity index (χ2v) is 7.36. The van der Waals surface area contributed by atoms with Crippen LogP contribution in [-0.4, -0.2) is 49.3 Å². The maximum atomic E-state index is 12.1. The Morgan fingerprint density at radius 2 is 2.33 bits per heavy atom. The number of nitrogens with one attached hydrogen (secondary N) is 1. The zero-order valence-corrected chi connectivity index (χ0v) is 13.5. The zero-order chi connectivity index (χ0) is 15.5. The van der Waals surface area contributed by atoms with Crippen molar-refractivity contribution in [2.24, 2.45) is 7.05 Å². The molecule has 1 N–H and O–H groups in total. The molecule has 2 atom stereocenters. The van der Waals surface area contributed by atoms with Gasteiger partial charge in [0.1, 0.15) is 6.10 Å². The molecule has 8 heteroatoms. The van der Waals surface area contributed by atoms with Crippen molar-refractivity contribution in [3.8, 4) is 0 Å². The van der Waals surface area contributed by atoms with E-state index in [1.54, 1.807) is 10.9 Å². The Morgan fingerprint density at radius 1 is 1.57 bits per heavy atom. The lowest BCUT2D eigenvalue weighted by atomic mass is 10.1. The number of aromatic nitrogens is 2. The Balaban J connectivity index is 1.94. The second-order valence-electron chi connectivity index (χ2n) is 5.49. The quantitative estimate of drug-likeness (QED) is 0.796. The van der Waals surface area contributed by atoms with E-state index in [1.165, 1.54) is 0 Å². The van der Waals surface area contributed by atoms with E-state index in [0.29, 0.717) is 13.0 Å². The van der Waals surface area contributed by atoms with Gasteiger partial charge in [-0.3, -0.25) is 4.68 Å². The van der Waals surface area contributed by atoms with Crippen LogP contribution in [0.1, 0.15) is 31.9 Å². The van der Waals surface area contributed by atoms with Crippen LogP contribution in [0.2, 0.25) is 0 Å². The molecule has 21 heavy (non-hydrogen) atoms. The van der Waals surface area contributed by atoms with Crippen molar-refractivity contribution in [1.82, 2.24) is 14.5 Å². The standard InChI is InChI=1S/C13H23N3O4S/c1-10(2)19-6-7-21(17,18)15-12-4-5-20-13(12)11-8-14-16(3)9-11/h8-10,12-13,15H,4-7H2,1-3H3/t12-,13+/m0/s1. The molecule has 1 aliphatic heterocycles. The summed E-state index contributed by atoms with van der Waals surface area (Å²) in [5, 5.41) is 4.10. The predicted molar refractivity (Wildman–Crippen MR) is 78.3 cm³/mol. The first-order valence-corrected chi connectivity index (χ1v) is 8.74. The molecule has 0 aromatic carbocycles. The maximum Gasteiger partial charge on any atom is 0.214 e. The van der Waals surface area contributed by atoms with Gasteiger partial charge in [-0.1, -0.05) is 0 Å². The molecule has 0 radical (unpaired) electrons. The summed E-state index contributed by atoms with van der Waals surface area (Å²) >= 11 is 0. The van der Waals surface area contributed by atoms with Gasteiger partial charge >= 0.3 is 0 Å². The van der Waals surface area contributed by atoms with E-state index in [-0.39, 0.29) is 30.6 Å². The highest BCUT2D eigenvalue weighted by Gasteiger charge is 2.33. The fourth-order valence-corrected chi connectivity index (χ4v) is 3.45. The first kappa shape index (κ1) is 16.4. The SMILES string of the molecule is CC(C)OCCS(=O)(=O)N[C@H]1CCO[C@@H]1c1cnn(C)c1. The fraction of sp³-hybridized carbons (Fsp3) is 0.769. The van der Waals surface area contributed by atoms with Gasteiger partial charge < -0.3 is 9.47 Å². The van der Waals surface area contributed by atoms with Gasteiger partial charge in [0.15, 0.2) is 0 Å². The zero-order valence-electron chi connectivity index (χ0n) is 12.7. The molecular formula is C13H23N3O4S. The molecule has 0 saturated carbocycles. The molecule has 1 aliphatic rings. The number of rotatable bonds is 7. The Labute approximate surface area is 125 Å². The summed E-state index contributed by atoms with van der Waals surface area (Å²) in [4.78, 5) is 0. The van der Waals surface area contributed by atoms with Gasteiger partial charge in [-0.25, -0.2) is 13.1 Å². The minimum absolute atomic E-state index is 0.0261. The van der Waals surface area contributed by atoms with Crippen LogP contribution in [0.5, 0.6) is 0 Å². The number of hydrogen-bond acceptors (Lipinski definition) is 5. The lowest BCUT2D eigenvalue weighted by molar-refractivity contribution is 0.0906. The third-order valence-electron chi connectivity index (χ3n) is 3.28. The van der Waals surface area contributed by atoms with Gasteiger partial charge in [-0.15, -0.1) is 0 Å². The summed E-state index contributed by atoms with van der Waals surface area (Å²) in [6.45, 7) is 4.49. The average molecular weight is 317 g/mol. The van der Waals surface area contributed by atoms with Crippen molar-refractivity contribution in [2.75, 3.05) is 19.0 Å². The average Bonchev–Trinajstić information content (AvgIpc) is 2.96. The Kier molecular flexibility index (Phi) is 5.37. The van der Waals surface area contributed by atoms with Crippen LogP contribution in [0.4, 0.5) is 0 Å². The van der Waals surface area contributed by atoms with Gasteiger partial charge in [-0.05, 0) is 20.3 Å². The first-order valence-electron chi connectivity index (χ1n) is 7.09. The number of nitrogens with zero attached hydrogens (tertiary/aromatic N) is 2. The molecule has 1 saturated heterocycles. The van der Waals surface area contributed by atoms with Crippen LogP contribution < -0.4 is 4.72 Å².